The van der Waals surface area contributed by atoms with Crippen molar-refractivity contribution >= 4 is 34.5 Å². The highest BCUT2D eigenvalue weighted by molar-refractivity contribution is 5.95. The number of hydrogen-bond donors (Lipinski definition) is 2. The summed E-state index contributed by atoms with van der Waals surface area (Å²) < 4.78 is 21.2. The molecule has 12 heteroatoms. The molecule has 220 valence electrons. The maximum atomic E-state index is 14.5. The van der Waals surface area contributed by atoms with Gasteiger partial charge in [-0.1, -0.05) is 19.9 Å². The summed E-state index contributed by atoms with van der Waals surface area (Å²) in [5.41, 5.74) is 1.44. The monoisotopic (exact) mass is 568 g/mol. The largest absolute Gasteiger partial charge is 0.436 e. The number of rotatable bonds is 11. The Morgan fingerprint density at radius 2 is 1.93 bits per heavy atom. The molecule has 3 rings (SSSR count). The number of carbonyl (C=O) groups excluding carboxylic acids is 3. The van der Waals surface area contributed by atoms with Crippen molar-refractivity contribution in [3.05, 3.63) is 70.3 Å². The Morgan fingerprint density at radius 3 is 2.59 bits per heavy atom. The van der Waals surface area contributed by atoms with Crippen LogP contribution in [0.15, 0.2) is 47.5 Å². The average molecular weight is 569 g/mol. The summed E-state index contributed by atoms with van der Waals surface area (Å²) in [6, 6.07) is 4.70. The number of aromatic amines is 1. The predicted octanol–water partition coefficient (Wildman–Crippen LogP) is 3.54. The van der Waals surface area contributed by atoms with Gasteiger partial charge in [0, 0.05) is 45.5 Å². The lowest BCUT2D eigenvalue weighted by Gasteiger charge is -2.19. The molecule has 0 saturated heterocycles. The second-order valence-electron chi connectivity index (χ2n) is 10.6. The molecule has 1 unspecified atom stereocenters. The van der Waals surface area contributed by atoms with Gasteiger partial charge in [-0.3, -0.25) is 19.4 Å². The van der Waals surface area contributed by atoms with Crippen LogP contribution in [0.5, 0.6) is 0 Å². The fraction of sp³-hybridized carbons (Fsp3) is 0.414. The number of amides is 3. The van der Waals surface area contributed by atoms with Gasteiger partial charge in [-0.05, 0) is 49.5 Å². The number of halogens is 1. The molecule has 0 radical (unpaired) electrons. The molecule has 3 amide bonds. The first-order chi connectivity index (χ1) is 19.4. The number of nitrogens with zero attached hydrogens (tertiary/aromatic N) is 4. The Kier molecular flexibility index (Phi) is 10.4. The zero-order valence-electron chi connectivity index (χ0n) is 24.2. The molecule has 2 N–H and O–H groups in total. The van der Waals surface area contributed by atoms with Crippen molar-refractivity contribution in [2.24, 2.45) is 5.92 Å². The molecule has 3 aromatic rings. The van der Waals surface area contributed by atoms with E-state index in [-0.39, 0.29) is 31.0 Å². The van der Waals surface area contributed by atoms with Crippen LogP contribution in [0.1, 0.15) is 38.1 Å². The molecule has 0 saturated carbocycles. The number of fused-ring (bicyclic) bond motifs is 1. The fourth-order valence-corrected chi connectivity index (χ4v) is 4.03. The Hall–Kier alpha value is -4.48. The van der Waals surface area contributed by atoms with E-state index in [0.29, 0.717) is 28.9 Å². The molecule has 0 bridgehead atoms. The summed E-state index contributed by atoms with van der Waals surface area (Å²) in [6.07, 6.45) is 4.84. The molecule has 0 aliphatic heterocycles. The van der Waals surface area contributed by atoms with Gasteiger partial charge in [0.2, 0.25) is 5.91 Å². The van der Waals surface area contributed by atoms with E-state index < -0.39 is 29.5 Å². The van der Waals surface area contributed by atoms with Crippen molar-refractivity contribution < 1.29 is 23.5 Å². The Labute approximate surface area is 238 Å². The number of ether oxygens (including phenoxy) is 1. The molecule has 0 aliphatic rings. The van der Waals surface area contributed by atoms with Crippen LogP contribution < -0.4 is 10.9 Å². The van der Waals surface area contributed by atoms with E-state index >= 15 is 0 Å². The van der Waals surface area contributed by atoms with Gasteiger partial charge in [0.15, 0.2) is 11.9 Å². The van der Waals surface area contributed by atoms with Gasteiger partial charge in [-0.2, -0.15) is 0 Å². The summed E-state index contributed by atoms with van der Waals surface area (Å²) in [4.78, 5) is 60.3. The summed E-state index contributed by atoms with van der Waals surface area (Å²) in [6.45, 7) is 4.20. The van der Waals surface area contributed by atoms with Crippen molar-refractivity contribution in [1.82, 2.24) is 24.3 Å². The van der Waals surface area contributed by atoms with Crippen LogP contribution in [0.3, 0.4) is 0 Å². The molecule has 41 heavy (non-hydrogen) atoms. The van der Waals surface area contributed by atoms with Gasteiger partial charge in [-0.25, -0.2) is 9.18 Å². The molecule has 0 aliphatic carbocycles. The number of aromatic nitrogens is 3. The van der Waals surface area contributed by atoms with Gasteiger partial charge in [0.25, 0.3) is 11.5 Å². The third-order valence-corrected chi connectivity index (χ3v) is 6.17. The first-order valence-corrected chi connectivity index (χ1v) is 13.3. The maximum absolute atomic E-state index is 14.5. The number of allylic oxidation sites excluding steroid dienone is 1. The summed E-state index contributed by atoms with van der Waals surface area (Å²) in [5, 5.41) is 2.97. The standard InChI is InChI=1S/C29H37FN6O5/c1-18(2)14-23-26-20(21(30)16-31-23)15-19(32-26)17-36-13-9-10-22(28(36)39)33-27(38)24(41-29(40)35(5)6)11-7-8-12-25(37)34(3)4/h8-10,12-13,15-16,18,24,32H,7,11,14,17H2,1-6H3,(H,33,38)/b12-8+. The first-order valence-electron chi connectivity index (χ1n) is 13.3. The first kappa shape index (κ1) is 31.1. The van der Waals surface area contributed by atoms with Crippen LogP contribution in [0.4, 0.5) is 14.9 Å². The highest BCUT2D eigenvalue weighted by Gasteiger charge is 2.24. The lowest BCUT2D eigenvalue weighted by atomic mass is 10.1. The van der Waals surface area contributed by atoms with Crippen molar-refractivity contribution in [2.75, 3.05) is 33.5 Å². The number of anilines is 1. The van der Waals surface area contributed by atoms with Gasteiger partial charge in [0.05, 0.1) is 24.0 Å². The molecule has 0 aromatic carbocycles. The van der Waals surface area contributed by atoms with E-state index in [1.54, 1.807) is 38.5 Å². The number of nitrogens with one attached hydrogen (secondary N) is 2. The Balaban J connectivity index is 1.80. The smallest absolute Gasteiger partial charge is 0.410 e. The Bertz CT molecular complexity index is 1490. The van der Waals surface area contributed by atoms with Crippen molar-refractivity contribution in [1.29, 1.82) is 0 Å². The molecule has 1 atom stereocenters. The third kappa shape index (κ3) is 8.26. The predicted molar refractivity (Wildman–Crippen MR) is 154 cm³/mol. The summed E-state index contributed by atoms with van der Waals surface area (Å²) in [5.74, 6) is -1.03. The van der Waals surface area contributed by atoms with Gasteiger partial charge < -0.3 is 29.4 Å². The highest BCUT2D eigenvalue weighted by atomic mass is 19.1. The van der Waals surface area contributed by atoms with Gasteiger partial charge in [0.1, 0.15) is 5.69 Å². The van der Waals surface area contributed by atoms with Crippen molar-refractivity contribution in [3.8, 4) is 0 Å². The average Bonchev–Trinajstić information content (AvgIpc) is 3.34. The minimum atomic E-state index is -1.21. The van der Waals surface area contributed by atoms with Crippen LogP contribution in [-0.4, -0.2) is 76.5 Å². The van der Waals surface area contributed by atoms with E-state index in [0.717, 1.165) is 5.69 Å². The third-order valence-electron chi connectivity index (χ3n) is 6.17. The minimum absolute atomic E-state index is 0.00816. The van der Waals surface area contributed by atoms with Crippen LogP contribution in [0.25, 0.3) is 10.9 Å². The molecule has 0 spiro atoms. The van der Waals surface area contributed by atoms with Crippen LogP contribution in [0.2, 0.25) is 0 Å². The van der Waals surface area contributed by atoms with Crippen LogP contribution in [0, 0.1) is 11.7 Å². The van der Waals surface area contributed by atoms with E-state index in [2.05, 4.69) is 29.1 Å². The zero-order valence-corrected chi connectivity index (χ0v) is 24.2. The number of likely N-dealkylation sites (N-methyl/N-ethyl adjacent to an activating group) is 1. The normalized spacial score (nSPS) is 12.1. The molecule has 3 aromatic heterocycles. The van der Waals surface area contributed by atoms with E-state index in [1.807, 2.05) is 0 Å². The highest BCUT2D eigenvalue weighted by Crippen LogP contribution is 2.23. The van der Waals surface area contributed by atoms with Crippen molar-refractivity contribution in [2.45, 2.75) is 45.8 Å². The maximum Gasteiger partial charge on any atom is 0.410 e. The summed E-state index contributed by atoms with van der Waals surface area (Å²) >= 11 is 0. The van der Waals surface area contributed by atoms with Crippen molar-refractivity contribution in [3.63, 3.8) is 0 Å². The lowest BCUT2D eigenvalue weighted by Crippen LogP contribution is -2.37. The fourth-order valence-electron chi connectivity index (χ4n) is 4.03. The van der Waals surface area contributed by atoms with Crippen LogP contribution in [-0.2, 0) is 27.3 Å². The topological polar surface area (TPSA) is 130 Å². The molecule has 11 nitrogen and oxygen atoms in total. The quantitative estimate of drug-likeness (QED) is 0.341. The molecular formula is C29H37FN6O5. The molecule has 0 fully saturated rings. The SMILES string of the molecule is CC(C)Cc1ncc(F)c2cc(Cn3cccc(NC(=O)C(CC/C=C/C(=O)N(C)C)OC(=O)N(C)C)c3=O)[nH]c12. The summed E-state index contributed by atoms with van der Waals surface area (Å²) in [7, 11) is 6.21. The van der Waals surface area contributed by atoms with Crippen LogP contribution >= 0.6 is 0 Å². The van der Waals surface area contributed by atoms with E-state index in [1.165, 1.54) is 46.8 Å². The number of carbonyl (C=O) groups is 3. The number of pyridine rings is 2. The van der Waals surface area contributed by atoms with E-state index in [4.69, 9.17) is 4.74 Å². The molecule has 3 heterocycles. The Morgan fingerprint density at radius 1 is 1.20 bits per heavy atom. The van der Waals surface area contributed by atoms with E-state index in [9.17, 15) is 23.6 Å². The zero-order chi connectivity index (χ0) is 30.3. The second-order valence-corrected chi connectivity index (χ2v) is 10.6. The lowest BCUT2D eigenvalue weighted by molar-refractivity contribution is -0.125. The van der Waals surface area contributed by atoms with Gasteiger partial charge >= 0.3 is 6.09 Å². The molecular weight excluding hydrogens is 531 g/mol. The number of hydrogen-bond acceptors (Lipinski definition) is 6. The minimum Gasteiger partial charge on any atom is -0.436 e. The second kappa shape index (κ2) is 13.7. The number of H-pyrrole nitrogens is 1. The van der Waals surface area contributed by atoms with Gasteiger partial charge in [-0.15, -0.1) is 0 Å².